The normalized spacial score (nSPS) is 24.6. The first-order valence-electron chi connectivity index (χ1n) is 6.12. The second-order valence-electron chi connectivity index (χ2n) is 5.01. The lowest BCUT2D eigenvalue weighted by molar-refractivity contribution is -0.126. The molecule has 1 saturated heterocycles. The van der Waals surface area contributed by atoms with E-state index in [0.717, 1.165) is 0 Å². The monoisotopic (exact) mass is 242 g/mol. The number of hydrogen-bond acceptors (Lipinski definition) is 3. The van der Waals surface area contributed by atoms with Gasteiger partial charge in [-0.15, -0.1) is 0 Å². The topological polar surface area (TPSA) is 58.6 Å². The van der Waals surface area contributed by atoms with Gasteiger partial charge in [0.15, 0.2) is 0 Å². The van der Waals surface area contributed by atoms with Gasteiger partial charge >= 0.3 is 6.03 Å². The van der Waals surface area contributed by atoms with Crippen molar-refractivity contribution in [1.82, 2.24) is 10.2 Å². The summed E-state index contributed by atoms with van der Waals surface area (Å²) in [5, 5.41) is 2.35. The lowest BCUT2D eigenvalue weighted by Gasteiger charge is -2.30. The van der Waals surface area contributed by atoms with Crippen LogP contribution in [0.15, 0.2) is 0 Å². The van der Waals surface area contributed by atoms with Crippen LogP contribution in [0, 0.1) is 5.92 Å². The van der Waals surface area contributed by atoms with Crippen molar-refractivity contribution in [2.45, 2.75) is 39.7 Å². The Morgan fingerprint density at radius 3 is 2.59 bits per heavy atom. The van der Waals surface area contributed by atoms with Crippen molar-refractivity contribution >= 4 is 11.9 Å². The van der Waals surface area contributed by atoms with E-state index in [-0.39, 0.29) is 11.9 Å². The Morgan fingerprint density at radius 1 is 1.41 bits per heavy atom. The maximum absolute atomic E-state index is 11.7. The Morgan fingerprint density at radius 2 is 2.06 bits per heavy atom. The van der Waals surface area contributed by atoms with Crippen molar-refractivity contribution in [3.8, 4) is 0 Å². The molecule has 0 bridgehead atoms. The van der Waals surface area contributed by atoms with E-state index in [4.69, 9.17) is 4.74 Å². The third kappa shape index (κ3) is 2.97. The van der Waals surface area contributed by atoms with E-state index < -0.39 is 5.54 Å². The van der Waals surface area contributed by atoms with Crippen LogP contribution in [0.1, 0.15) is 34.1 Å². The zero-order valence-corrected chi connectivity index (χ0v) is 11.1. The summed E-state index contributed by atoms with van der Waals surface area (Å²) in [5.41, 5.74) is -0.724. The molecule has 1 fully saturated rings. The summed E-state index contributed by atoms with van der Waals surface area (Å²) >= 11 is 0. The van der Waals surface area contributed by atoms with Crippen molar-refractivity contribution in [2.75, 3.05) is 19.8 Å². The number of ether oxygens (including phenoxy) is 1. The molecule has 1 aliphatic heterocycles. The number of nitrogens with zero attached hydrogens (tertiary/aromatic N) is 1. The number of amides is 3. The average molecular weight is 242 g/mol. The molecule has 0 radical (unpaired) electrons. The molecule has 17 heavy (non-hydrogen) atoms. The zero-order chi connectivity index (χ0) is 13.1. The lowest BCUT2D eigenvalue weighted by Crippen LogP contribution is -2.47. The maximum atomic E-state index is 11.7. The Hall–Kier alpha value is -1.10. The van der Waals surface area contributed by atoms with E-state index in [2.05, 4.69) is 19.2 Å². The van der Waals surface area contributed by atoms with E-state index in [9.17, 15) is 9.59 Å². The first-order valence-corrected chi connectivity index (χ1v) is 6.12. The number of nitrogens with one attached hydrogen (secondary N) is 1. The fraction of sp³-hybridized carbons (Fsp3) is 0.833. The van der Waals surface area contributed by atoms with E-state index in [1.807, 2.05) is 6.92 Å². The zero-order valence-electron chi connectivity index (χ0n) is 11.1. The molecule has 3 amide bonds. The summed E-state index contributed by atoms with van der Waals surface area (Å²) in [6, 6.07) is -0.313. The average Bonchev–Trinajstić information content (AvgIpc) is 2.47. The van der Waals surface area contributed by atoms with Crippen molar-refractivity contribution < 1.29 is 14.3 Å². The van der Waals surface area contributed by atoms with Gasteiger partial charge in [0.05, 0.1) is 6.61 Å². The van der Waals surface area contributed by atoms with Gasteiger partial charge in [-0.3, -0.25) is 10.1 Å². The van der Waals surface area contributed by atoms with Gasteiger partial charge in [0.1, 0.15) is 5.54 Å². The van der Waals surface area contributed by atoms with Crippen molar-refractivity contribution in [3.63, 3.8) is 0 Å². The molecule has 0 aromatic heterocycles. The molecule has 1 rings (SSSR count). The molecular formula is C12H22N2O3. The lowest BCUT2D eigenvalue weighted by atomic mass is 9.97. The summed E-state index contributed by atoms with van der Waals surface area (Å²) in [7, 11) is 0. The van der Waals surface area contributed by atoms with Crippen LogP contribution in [-0.4, -0.2) is 42.1 Å². The number of carbonyl (C=O) groups excluding carboxylic acids is 2. The molecule has 0 aromatic carbocycles. The summed E-state index contributed by atoms with van der Waals surface area (Å²) < 4.78 is 5.45. The standard InChI is InChI=1S/C12H22N2O3/c1-5-12(4)10(15)13-11(16)14(12)6-7-17-8-9(2)3/h9H,5-8H2,1-4H3,(H,13,15,16). The number of hydrogen-bond donors (Lipinski definition) is 1. The van der Waals surface area contributed by atoms with Gasteiger partial charge in [0.25, 0.3) is 5.91 Å². The van der Waals surface area contributed by atoms with Crippen molar-refractivity contribution in [1.29, 1.82) is 0 Å². The van der Waals surface area contributed by atoms with Gasteiger partial charge in [0.2, 0.25) is 0 Å². The summed E-state index contributed by atoms with van der Waals surface area (Å²) in [6.45, 7) is 9.43. The smallest absolute Gasteiger partial charge is 0.325 e. The van der Waals surface area contributed by atoms with Gasteiger partial charge in [-0.1, -0.05) is 20.8 Å². The molecule has 1 N–H and O–H groups in total. The van der Waals surface area contributed by atoms with Crippen LogP contribution in [-0.2, 0) is 9.53 Å². The molecule has 1 atom stereocenters. The number of imide groups is 1. The third-order valence-electron chi connectivity index (χ3n) is 3.15. The molecule has 5 nitrogen and oxygen atoms in total. The second-order valence-corrected chi connectivity index (χ2v) is 5.01. The van der Waals surface area contributed by atoms with Crippen LogP contribution in [0.3, 0.4) is 0 Å². The largest absolute Gasteiger partial charge is 0.379 e. The van der Waals surface area contributed by atoms with Crippen LogP contribution < -0.4 is 5.32 Å². The fourth-order valence-corrected chi connectivity index (χ4v) is 1.82. The predicted molar refractivity (Wildman–Crippen MR) is 64.6 cm³/mol. The summed E-state index contributed by atoms with van der Waals surface area (Å²) in [5.74, 6) is 0.260. The van der Waals surface area contributed by atoms with E-state index in [1.165, 1.54) is 0 Å². The molecule has 5 heteroatoms. The van der Waals surface area contributed by atoms with Gasteiger partial charge in [-0.05, 0) is 19.3 Å². The Labute approximate surface area is 102 Å². The Balaban J connectivity index is 2.51. The fourth-order valence-electron chi connectivity index (χ4n) is 1.82. The number of carbonyl (C=O) groups is 2. The van der Waals surface area contributed by atoms with Gasteiger partial charge < -0.3 is 9.64 Å². The quantitative estimate of drug-likeness (QED) is 0.565. The van der Waals surface area contributed by atoms with Crippen molar-refractivity contribution in [3.05, 3.63) is 0 Å². The molecule has 1 heterocycles. The minimum absolute atomic E-state index is 0.214. The SMILES string of the molecule is CCC1(C)C(=O)NC(=O)N1CCOCC(C)C. The highest BCUT2D eigenvalue weighted by Gasteiger charge is 2.47. The molecule has 0 saturated carbocycles. The van der Waals surface area contributed by atoms with Crippen LogP contribution in [0.4, 0.5) is 4.79 Å². The molecular weight excluding hydrogens is 220 g/mol. The predicted octanol–water partition coefficient (Wildman–Crippen LogP) is 1.38. The van der Waals surface area contributed by atoms with Crippen LogP contribution in [0.2, 0.25) is 0 Å². The van der Waals surface area contributed by atoms with Gasteiger partial charge in [-0.25, -0.2) is 4.79 Å². The maximum Gasteiger partial charge on any atom is 0.325 e. The summed E-state index contributed by atoms with van der Waals surface area (Å²) in [6.07, 6.45) is 0.606. The van der Waals surface area contributed by atoms with E-state index in [1.54, 1.807) is 11.8 Å². The molecule has 1 unspecified atom stereocenters. The first kappa shape index (κ1) is 14.0. The van der Waals surface area contributed by atoms with Gasteiger partial charge in [-0.2, -0.15) is 0 Å². The number of urea groups is 1. The second kappa shape index (κ2) is 5.49. The minimum atomic E-state index is -0.724. The number of rotatable bonds is 6. The Bertz CT molecular complexity index is 304. The van der Waals surface area contributed by atoms with Crippen LogP contribution in [0.5, 0.6) is 0 Å². The minimum Gasteiger partial charge on any atom is -0.379 e. The molecule has 1 aliphatic rings. The van der Waals surface area contributed by atoms with Crippen molar-refractivity contribution in [2.24, 2.45) is 5.92 Å². The van der Waals surface area contributed by atoms with E-state index >= 15 is 0 Å². The van der Waals surface area contributed by atoms with Gasteiger partial charge in [0, 0.05) is 13.2 Å². The first-order chi connectivity index (χ1) is 7.91. The van der Waals surface area contributed by atoms with Crippen LogP contribution >= 0.6 is 0 Å². The molecule has 0 aromatic rings. The molecule has 98 valence electrons. The van der Waals surface area contributed by atoms with Crippen LogP contribution in [0.25, 0.3) is 0 Å². The molecule has 0 aliphatic carbocycles. The molecule has 0 spiro atoms. The highest BCUT2D eigenvalue weighted by Crippen LogP contribution is 2.24. The summed E-state index contributed by atoms with van der Waals surface area (Å²) in [4.78, 5) is 24.9. The highest BCUT2D eigenvalue weighted by atomic mass is 16.5. The van der Waals surface area contributed by atoms with E-state index in [0.29, 0.717) is 32.1 Å². The third-order valence-corrected chi connectivity index (χ3v) is 3.15. The Kier molecular flexibility index (Phi) is 4.51. The highest BCUT2D eigenvalue weighted by molar-refractivity contribution is 6.06.